The van der Waals surface area contributed by atoms with Crippen LogP contribution in [0.3, 0.4) is 0 Å². The number of benzene rings is 2. The van der Waals surface area contributed by atoms with E-state index in [-0.39, 0.29) is 5.56 Å². The molecule has 1 aromatic heterocycles. The predicted molar refractivity (Wildman–Crippen MR) is 77.8 cm³/mol. The number of fused-ring (bicyclic) bond motifs is 1. The minimum absolute atomic E-state index is 0.225. The van der Waals surface area contributed by atoms with Crippen molar-refractivity contribution in [2.45, 2.75) is 0 Å². The van der Waals surface area contributed by atoms with E-state index in [2.05, 4.69) is 10.2 Å². The maximum atomic E-state index is 11.7. The predicted octanol–water partition coefficient (Wildman–Crippen LogP) is 3.90. The highest BCUT2D eigenvalue weighted by molar-refractivity contribution is 6.35. The van der Waals surface area contributed by atoms with Crippen molar-refractivity contribution >= 4 is 34.0 Å². The van der Waals surface area contributed by atoms with Gasteiger partial charge in [-0.2, -0.15) is 5.10 Å². The first-order valence-electron chi connectivity index (χ1n) is 5.59. The lowest BCUT2D eigenvalue weighted by molar-refractivity contribution is 1.02. The lowest BCUT2D eigenvalue weighted by Crippen LogP contribution is -2.09. The number of hydrogen-bond donors (Lipinski definition) is 1. The third kappa shape index (κ3) is 2.11. The minimum Gasteiger partial charge on any atom is -0.267 e. The first-order chi connectivity index (χ1) is 9.16. The largest absolute Gasteiger partial charge is 0.272 e. The summed E-state index contributed by atoms with van der Waals surface area (Å²) in [6.07, 6.45) is 0. The molecule has 0 saturated carbocycles. The van der Waals surface area contributed by atoms with Gasteiger partial charge in [-0.3, -0.25) is 4.79 Å². The molecule has 0 radical (unpaired) electrons. The SMILES string of the molecule is O=c1[nH]nc(-c2cc(Cl)ccc2Cl)c2ccccc12. The van der Waals surface area contributed by atoms with Gasteiger partial charge in [0.05, 0.1) is 10.4 Å². The maximum Gasteiger partial charge on any atom is 0.272 e. The van der Waals surface area contributed by atoms with Crippen molar-refractivity contribution in [2.75, 3.05) is 0 Å². The number of nitrogens with one attached hydrogen (secondary N) is 1. The molecule has 0 saturated heterocycles. The Kier molecular flexibility index (Phi) is 3.01. The zero-order valence-electron chi connectivity index (χ0n) is 9.65. The first-order valence-corrected chi connectivity index (χ1v) is 6.35. The third-order valence-corrected chi connectivity index (χ3v) is 3.44. The summed E-state index contributed by atoms with van der Waals surface area (Å²) >= 11 is 12.2. The average molecular weight is 291 g/mol. The summed E-state index contributed by atoms with van der Waals surface area (Å²) in [5, 5.41) is 9.00. The number of nitrogens with zero attached hydrogens (tertiary/aromatic N) is 1. The number of aromatic nitrogens is 2. The van der Waals surface area contributed by atoms with Crippen LogP contribution >= 0.6 is 23.2 Å². The summed E-state index contributed by atoms with van der Waals surface area (Å²) in [5.41, 5.74) is 1.09. The van der Waals surface area contributed by atoms with Crippen LogP contribution in [0.25, 0.3) is 22.0 Å². The first kappa shape index (κ1) is 12.2. The summed E-state index contributed by atoms with van der Waals surface area (Å²) in [4.78, 5) is 11.7. The van der Waals surface area contributed by atoms with Crippen LogP contribution in [-0.2, 0) is 0 Å². The van der Waals surface area contributed by atoms with Crippen molar-refractivity contribution in [1.29, 1.82) is 0 Å². The van der Waals surface area contributed by atoms with E-state index >= 15 is 0 Å². The molecule has 0 amide bonds. The van der Waals surface area contributed by atoms with Crippen molar-refractivity contribution in [2.24, 2.45) is 0 Å². The Hall–Kier alpha value is -1.84. The van der Waals surface area contributed by atoms with Gasteiger partial charge in [0, 0.05) is 16.0 Å². The fraction of sp³-hybridized carbons (Fsp3) is 0. The molecule has 0 atom stereocenters. The summed E-state index contributed by atoms with van der Waals surface area (Å²) in [5.74, 6) is 0. The van der Waals surface area contributed by atoms with Gasteiger partial charge in [0.1, 0.15) is 5.69 Å². The number of H-pyrrole nitrogens is 1. The van der Waals surface area contributed by atoms with Gasteiger partial charge in [-0.05, 0) is 24.3 Å². The topological polar surface area (TPSA) is 45.8 Å². The fourth-order valence-electron chi connectivity index (χ4n) is 2.00. The molecule has 3 nitrogen and oxygen atoms in total. The molecular weight excluding hydrogens is 283 g/mol. The summed E-state index contributed by atoms with van der Waals surface area (Å²) in [6, 6.07) is 12.4. The monoisotopic (exact) mass is 290 g/mol. The van der Waals surface area contributed by atoms with Crippen LogP contribution in [0, 0.1) is 0 Å². The second-order valence-electron chi connectivity index (χ2n) is 4.07. The van der Waals surface area contributed by atoms with Crippen LogP contribution in [0.15, 0.2) is 47.3 Å². The zero-order valence-corrected chi connectivity index (χ0v) is 11.2. The van der Waals surface area contributed by atoms with Gasteiger partial charge in [0.25, 0.3) is 5.56 Å². The van der Waals surface area contributed by atoms with Crippen LogP contribution in [0.1, 0.15) is 0 Å². The molecule has 0 fully saturated rings. The Morgan fingerprint density at radius 3 is 2.53 bits per heavy atom. The smallest absolute Gasteiger partial charge is 0.267 e. The van der Waals surface area contributed by atoms with Gasteiger partial charge in [-0.1, -0.05) is 41.4 Å². The third-order valence-electron chi connectivity index (χ3n) is 2.88. The molecular formula is C14H8Cl2N2O. The number of rotatable bonds is 1. The van der Waals surface area contributed by atoms with Gasteiger partial charge in [-0.15, -0.1) is 0 Å². The average Bonchev–Trinajstić information content (AvgIpc) is 2.43. The highest BCUT2D eigenvalue weighted by Crippen LogP contribution is 2.32. The van der Waals surface area contributed by atoms with Crippen LogP contribution < -0.4 is 5.56 Å². The number of hydrogen-bond acceptors (Lipinski definition) is 2. The van der Waals surface area contributed by atoms with Crippen LogP contribution in [-0.4, -0.2) is 10.2 Å². The lowest BCUT2D eigenvalue weighted by atomic mass is 10.1. The summed E-state index contributed by atoms with van der Waals surface area (Å²) in [6.45, 7) is 0. The van der Waals surface area contributed by atoms with Gasteiger partial charge in [0.2, 0.25) is 0 Å². The molecule has 3 aromatic rings. The standard InChI is InChI=1S/C14H8Cl2N2O/c15-8-5-6-12(16)11(7-8)13-9-3-1-2-4-10(9)14(19)18-17-13/h1-7H,(H,18,19). The van der Waals surface area contributed by atoms with Gasteiger partial charge in [0.15, 0.2) is 0 Å². The molecule has 5 heteroatoms. The quantitative estimate of drug-likeness (QED) is 0.739. The summed E-state index contributed by atoms with van der Waals surface area (Å²) in [7, 11) is 0. The van der Waals surface area contributed by atoms with Crippen molar-refractivity contribution < 1.29 is 0 Å². The van der Waals surface area contributed by atoms with Crippen LogP contribution in [0.4, 0.5) is 0 Å². The molecule has 0 aliphatic rings. The second kappa shape index (κ2) is 4.68. The number of aromatic amines is 1. The van der Waals surface area contributed by atoms with E-state index in [0.29, 0.717) is 26.7 Å². The Morgan fingerprint density at radius 2 is 1.74 bits per heavy atom. The maximum absolute atomic E-state index is 11.7. The van der Waals surface area contributed by atoms with E-state index in [1.54, 1.807) is 30.3 Å². The van der Waals surface area contributed by atoms with Crippen molar-refractivity contribution in [3.05, 3.63) is 62.9 Å². The van der Waals surface area contributed by atoms with E-state index in [4.69, 9.17) is 23.2 Å². The van der Waals surface area contributed by atoms with E-state index in [0.717, 1.165) is 5.39 Å². The van der Waals surface area contributed by atoms with E-state index in [1.165, 1.54) is 0 Å². The number of halogens is 2. The Bertz CT molecular complexity index is 827. The van der Waals surface area contributed by atoms with E-state index < -0.39 is 0 Å². The second-order valence-corrected chi connectivity index (χ2v) is 4.91. The van der Waals surface area contributed by atoms with Crippen LogP contribution in [0.5, 0.6) is 0 Å². The van der Waals surface area contributed by atoms with Crippen molar-refractivity contribution in [3.8, 4) is 11.3 Å². The van der Waals surface area contributed by atoms with Gasteiger partial charge in [-0.25, -0.2) is 5.10 Å². The molecule has 0 aliphatic carbocycles. The van der Waals surface area contributed by atoms with Gasteiger partial charge >= 0.3 is 0 Å². The molecule has 94 valence electrons. The molecule has 2 aromatic carbocycles. The van der Waals surface area contributed by atoms with Crippen molar-refractivity contribution in [3.63, 3.8) is 0 Å². The molecule has 1 heterocycles. The molecule has 0 spiro atoms. The fourth-order valence-corrected chi connectivity index (χ4v) is 2.38. The molecule has 0 unspecified atom stereocenters. The van der Waals surface area contributed by atoms with E-state index in [1.807, 2.05) is 12.1 Å². The molecule has 1 N–H and O–H groups in total. The molecule has 19 heavy (non-hydrogen) atoms. The Balaban J connectivity index is 2.41. The zero-order chi connectivity index (χ0) is 13.4. The molecule has 3 rings (SSSR count). The minimum atomic E-state index is -0.225. The van der Waals surface area contributed by atoms with Crippen molar-refractivity contribution in [1.82, 2.24) is 10.2 Å². The molecule has 0 aliphatic heterocycles. The lowest BCUT2D eigenvalue weighted by Gasteiger charge is -2.07. The normalized spacial score (nSPS) is 10.8. The Labute approximate surface area is 118 Å². The van der Waals surface area contributed by atoms with Crippen LogP contribution in [0.2, 0.25) is 10.0 Å². The van der Waals surface area contributed by atoms with E-state index in [9.17, 15) is 4.79 Å². The highest BCUT2D eigenvalue weighted by atomic mass is 35.5. The Morgan fingerprint density at radius 1 is 1.00 bits per heavy atom. The summed E-state index contributed by atoms with van der Waals surface area (Å²) < 4.78 is 0. The van der Waals surface area contributed by atoms with Gasteiger partial charge < -0.3 is 0 Å². The molecule has 0 bridgehead atoms. The highest BCUT2D eigenvalue weighted by Gasteiger charge is 2.11.